The molecule has 0 spiro atoms. The van der Waals surface area contributed by atoms with E-state index in [0.717, 1.165) is 5.56 Å². The molecule has 94 valence electrons. The Bertz CT molecular complexity index is 531. The molecule has 2 heterocycles. The first-order valence-corrected chi connectivity index (χ1v) is 5.60. The second-order valence-corrected chi connectivity index (χ2v) is 4.35. The molecule has 6 nitrogen and oxygen atoms in total. The smallest absolute Gasteiger partial charge is 0.345 e. The number of carbonyl (C=O) groups is 2. The van der Waals surface area contributed by atoms with Gasteiger partial charge in [-0.3, -0.25) is 5.21 Å². The maximum absolute atomic E-state index is 11.9. The van der Waals surface area contributed by atoms with Crippen molar-refractivity contribution in [3.8, 4) is 0 Å². The molecule has 18 heavy (non-hydrogen) atoms. The minimum absolute atomic E-state index is 0.298. The molecular weight excluding hydrogens is 236 g/mol. The Kier molecular flexibility index (Phi) is 2.27. The monoisotopic (exact) mass is 248 g/mol. The van der Waals surface area contributed by atoms with E-state index in [9.17, 15) is 14.8 Å². The van der Waals surface area contributed by atoms with Crippen LogP contribution in [0.4, 0.5) is 4.79 Å². The quantitative estimate of drug-likeness (QED) is 0.596. The zero-order valence-corrected chi connectivity index (χ0v) is 9.74. The van der Waals surface area contributed by atoms with Gasteiger partial charge >= 0.3 is 12.0 Å². The Morgan fingerprint density at radius 2 is 2.06 bits per heavy atom. The highest BCUT2D eigenvalue weighted by atomic mass is 16.5. The van der Waals surface area contributed by atoms with E-state index in [0.29, 0.717) is 17.2 Å². The van der Waals surface area contributed by atoms with Gasteiger partial charge in [0.2, 0.25) is 0 Å². The van der Waals surface area contributed by atoms with Gasteiger partial charge in [0.05, 0.1) is 13.7 Å². The fourth-order valence-electron chi connectivity index (χ4n) is 2.65. The Labute approximate surface area is 103 Å². The summed E-state index contributed by atoms with van der Waals surface area (Å²) in [5, 5.41) is 10.5. The van der Waals surface area contributed by atoms with Gasteiger partial charge in [-0.2, -0.15) is 5.06 Å². The lowest BCUT2D eigenvalue weighted by Crippen LogP contribution is -2.38. The number of benzene rings is 1. The van der Waals surface area contributed by atoms with E-state index in [1.54, 1.807) is 12.1 Å². The third-order valence-corrected chi connectivity index (χ3v) is 3.49. The number of esters is 1. The van der Waals surface area contributed by atoms with Crippen molar-refractivity contribution in [3.05, 3.63) is 35.4 Å². The van der Waals surface area contributed by atoms with Crippen molar-refractivity contribution in [1.82, 2.24) is 9.96 Å². The number of hydroxylamine groups is 2. The van der Waals surface area contributed by atoms with Crippen LogP contribution in [0, 0.1) is 0 Å². The Hall–Kier alpha value is -2.08. The Balaban J connectivity index is 2.17. The largest absolute Gasteiger partial charge is 0.467 e. The van der Waals surface area contributed by atoms with E-state index in [4.69, 9.17) is 4.74 Å². The van der Waals surface area contributed by atoms with Gasteiger partial charge in [-0.25, -0.2) is 9.59 Å². The van der Waals surface area contributed by atoms with Crippen LogP contribution in [0.5, 0.6) is 0 Å². The van der Waals surface area contributed by atoms with Crippen molar-refractivity contribution in [1.29, 1.82) is 0 Å². The van der Waals surface area contributed by atoms with Gasteiger partial charge in [0.1, 0.15) is 6.04 Å². The van der Waals surface area contributed by atoms with Crippen molar-refractivity contribution in [3.63, 3.8) is 0 Å². The summed E-state index contributed by atoms with van der Waals surface area (Å²) in [5.74, 6) is -0.496. The van der Waals surface area contributed by atoms with Crippen LogP contribution in [0.25, 0.3) is 0 Å². The lowest BCUT2D eigenvalue weighted by atomic mass is 9.91. The number of ether oxygens (including phenoxy) is 1. The maximum Gasteiger partial charge on any atom is 0.345 e. The molecule has 0 saturated carbocycles. The number of rotatable bonds is 1. The minimum atomic E-state index is -0.771. The number of nitrogens with zero attached hydrogens (tertiary/aromatic N) is 2. The van der Waals surface area contributed by atoms with Gasteiger partial charge in [-0.1, -0.05) is 24.3 Å². The van der Waals surface area contributed by atoms with Crippen molar-refractivity contribution in [2.45, 2.75) is 12.1 Å². The molecule has 1 unspecified atom stereocenters. The molecule has 2 bridgehead atoms. The van der Waals surface area contributed by atoms with Crippen LogP contribution in [-0.4, -0.2) is 40.8 Å². The van der Waals surface area contributed by atoms with Crippen LogP contribution in [0.1, 0.15) is 23.2 Å². The zero-order chi connectivity index (χ0) is 12.9. The molecule has 0 aromatic heterocycles. The molecule has 3 rings (SSSR count). The van der Waals surface area contributed by atoms with Gasteiger partial charge < -0.3 is 9.64 Å². The first kappa shape index (κ1) is 11.0. The molecule has 2 amide bonds. The van der Waals surface area contributed by atoms with Gasteiger partial charge in [0, 0.05) is 0 Å². The molecule has 2 aliphatic heterocycles. The molecule has 0 radical (unpaired) electrons. The first-order valence-electron chi connectivity index (χ1n) is 5.60. The summed E-state index contributed by atoms with van der Waals surface area (Å²) in [6.45, 7) is 0.298. The van der Waals surface area contributed by atoms with Crippen molar-refractivity contribution in [2.24, 2.45) is 0 Å². The molecule has 1 fully saturated rings. The molecule has 2 atom stereocenters. The van der Waals surface area contributed by atoms with Crippen LogP contribution >= 0.6 is 0 Å². The molecule has 1 aromatic rings. The SMILES string of the molecule is COC(=O)C1c2ccccc2[C@@H]2CN1C(=O)N2O. The summed E-state index contributed by atoms with van der Waals surface area (Å²) in [6, 6.07) is 5.47. The summed E-state index contributed by atoms with van der Waals surface area (Å²) >= 11 is 0. The molecule has 2 aliphatic rings. The van der Waals surface area contributed by atoms with Gasteiger partial charge in [0.25, 0.3) is 0 Å². The van der Waals surface area contributed by atoms with Crippen LogP contribution in [0.3, 0.4) is 0 Å². The summed E-state index contributed by atoms with van der Waals surface area (Å²) < 4.78 is 4.75. The Morgan fingerprint density at radius 3 is 2.72 bits per heavy atom. The number of hydrogen-bond acceptors (Lipinski definition) is 4. The zero-order valence-electron chi connectivity index (χ0n) is 9.74. The van der Waals surface area contributed by atoms with Crippen LogP contribution in [0.2, 0.25) is 0 Å². The highest BCUT2D eigenvalue weighted by Gasteiger charge is 2.50. The van der Waals surface area contributed by atoms with Crippen LogP contribution in [-0.2, 0) is 9.53 Å². The highest BCUT2D eigenvalue weighted by molar-refractivity contribution is 5.87. The highest BCUT2D eigenvalue weighted by Crippen LogP contribution is 2.42. The lowest BCUT2D eigenvalue weighted by Gasteiger charge is -2.30. The van der Waals surface area contributed by atoms with E-state index in [1.165, 1.54) is 12.0 Å². The third-order valence-electron chi connectivity index (χ3n) is 3.49. The standard InChI is InChI=1S/C12H12N2O4/c1-18-11(15)10-8-5-3-2-4-7(8)9-6-13(10)12(16)14(9)17/h2-5,9-10,17H,6H2,1H3/t9-,10?/m0/s1. The molecular formula is C12H12N2O4. The van der Waals surface area contributed by atoms with Gasteiger partial charge in [-0.05, 0) is 11.1 Å². The summed E-state index contributed by atoms with van der Waals surface area (Å²) in [4.78, 5) is 25.1. The third kappa shape index (κ3) is 1.26. The molecule has 1 saturated heterocycles. The number of hydrogen-bond donors (Lipinski definition) is 1. The number of methoxy groups -OCH3 is 1. The van der Waals surface area contributed by atoms with Crippen molar-refractivity contribution < 1.29 is 19.5 Å². The maximum atomic E-state index is 11.9. The van der Waals surface area contributed by atoms with E-state index < -0.39 is 24.1 Å². The summed E-state index contributed by atoms with van der Waals surface area (Å²) in [5.41, 5.74) is 1.50. The number of carbonyl (C=O) groups excluding carboxylic acids is 2. The summed E-state index contributed by atoms with van der Waals surface area (Å²) in [7, 11) is 1.29. The lowest BCUT2D eigenvalue weighted by molar-refractivity contribution is -0.146. The van der Waals surface area contributed by atoms with Gasteiger partial charge in [0.15, 0.2) is 6.04 Å². The predicted octanol–water partition coefficient (Wildman–Crippen LogP) is 1.08. The van der Waals surface area contributed by atoms with Crippen LogP contribution in [0.15, 0.2) is 24.3 Å². The van der Waals surface area contributed by atoms with Crippen molar-refractivity contribution in [2.75, 3.05) is 13.7 Å². The fraction of sp³-hybridized carbons (Fsp3) is 0.333. The van der Waals surface area contributed by atoms with E-state index >= 15 is 0 Å². The molecule has 6 heteroatoms. The molecule has 1 N–H and O–H groups in total. The minimum Gasteiger partial charge on any atom is -0.467 e. The predicted molar refractivity (Wildman–Crippen MR) is 59.7 cm³/mol. The second-order valence-electron chi connectivity index (χ2n) is 4.35. The van der Waals surface area contributed by atoms with E-state index in [1.807, 2.05) is 12.1 Å². The topological polar surface area (TPSA) is 70.1 Å². The average molecular weight is 248 g/mol. The molecule has 1 aromatic carbocycles. The van der Waals surface area contributed by atoms with E-state index in [-0.39, 0.29) is 0 Å². The number of urea groups is 1. The first-order chi connectivity index (χ1) is 8.65. The fourth-order valence-corrected chi connectivity index (χ4v) is 2.65. The van der Waals surface area contributed by atoms with Crippen molar-refractivity contribution >= 4 is 12.0 Å². The number of amides is 2. The second kappa shape index (κ2) is 3.71. The number of fused-ring (bicyclic) bond motifs is 4. The van der Waals surface area contributed by atoms with Gasteiger partial charge in [-0.15, -0.1) is 0 Å². The average Bonchev–Trinajstić information content (AvgIpc) is 2.65. The normalized spacial score (nSPS) is 25.1. The Morgan fingerprint density at radius 1 is 1.39 bits per heavy atom. The molecule has 0 aliphatic carbocycles. The summed E-state index contributed by atoms with van der Waals surface area (Å²) in [6.07, 6.45) is 0. The van der Waals surface area contributed by atoms with E-state index in [2.05, 4.69) is 0 Å². The van der Waals surface area contributed by atoms with Crippen LogP contribution < -0.4 is 0 Å².